The standard InChI is InChI=1S/C29H22N4O3S/c1-32-27(34)26(37-29(32)31-23-11-7-10-19(14-23)28(35)36-2)15-22-18-33(25-13-6-5-12-24(22)25)17-21-9-4-3-8-20(21)16-30/h3-15,18H,17H2,1-2H3. The fraction of sp³-hybridized carbons (Fsp3) is 0.103. The predicted molar refractivity (Wildman–Crippen MR) is 145 cm³/mol. The van der Waals surface area contributed by atoms with Crippen LogP contribution in [0.5, 0.6) is 0 Å². The van der Waals surface area contributed by atoms with Gasteiger partial charge >= 0.3 is 5.97 Å². The first-order valence-corrected chi connectivity index (χ1v) is 12.3. The molecule has 0 aliphatic carbocycles. The Bertz CT molecular complexity index is 1640. The number of amides is 1. The zero-order valence-electron chi connectivity index (χ0n) is 20.2. The molecule has 8 heteroatoms. The van der Waals surface area contributed by atoms with Crippen LogP contribution in [0.15, 0.2) is 88.9 Å². The van der Waals surface area contributed by atoms with E-state index in [1.54, 1.807) is 31.3 Å². The van der Waals surface area contributed by atoms with Crippen molar-refractivity contribution in [2.24, 2.45) is 4.99 Å². The molecule has 37 heavy (non-hydrogen) atoms. The van der Waals surface area contributed by atoms with Crippen LogP contribution in [0.25, 0.3) is 17.0 Å². The van der Waals surface area contributed by atoms with E-state index in [2.05, 4.69) is 15.6 Å². The lowest BCUT2D eigenvalue weighted by Gasteiger charge is -2.07. The second-order valence-electron chi connectivity index (χ2n) is 8.41. The van der Waals surface area contributed by atoms with Gasteiger partial charge in [-0.05, 0) is 53.7 Å². The van der Waals surface area contributed by atoms with Crippen LogP contribution in [-0.4, -0.2) is 40.7 Å². The van der Waals surface area contributed by atoms with Crippen LogP contribution in [-0.2, 0) is 16.1 Å². The maximum atomic E-state index is 13.1. The molecule has 0 atom stereocenters. The quantitative estimate of drug-likeness (QED) is 0.260. The number of hydrogen-bond acceptors (Lipinski definition) is 6. The number of methoxy groups -OCH3 is 1. The van der Waals surface area contributed by atoms with Crippen molar-refractivity contribution in [3.63, 3.8) is 0 Å². The molecule has 1 aliphatic rings. The largest absolute Gasteiger partial charge is 0.465 e. The van der Waals surface area contributed by atoms with Gasteiger partial charge in [0.2, 0.25) is 0 Å². The second-order valence-corrected chi connectivity index (χ2v) is 9.42. The Hall–Kier alpha value is -4.61. The average Bonchev–Trinajstić information content (AvgIpc) is 3.40. The maximum absolute atomic E-state index is 13.1. The lowest BCUT2D eigenvalue weighted by molar-refractivity contribution is -0.121. The Morgan fingerprint density at radius 1 is 1.11 bits per heavy atom. The van der Waals surface area contributed by atoms with E-state index < -0.39 is 5.97 Å². The number of ether oxygens (including phenoxy) is 1. The molecule has 1 aliphatic heterocycles. The van der Waals surface area contributed by atoms with E-state index in [-0.39, 0.29) is 5.91 Å². The lowest BCUT2D eigenvalue weighted by atomic mass is 10.1. The summed E-state index contributed by atoms with van der Waals surface area (Å²) in [6.07, 6.45) is 3.89. The number of amidine groups is 1. The normalized spacial score (nSPS) is 15.5. The number of hydrogen-bond donors (Lipinski definition) is 0. The van der Waals surface area contributed by atoms with Gasteiger partial charge in [0.25, 0.3) is 5.91 Å². The molecule has 0 saturated carbocycles. The average molecular weight is 507 g/mol. The van der Waals surface area contributed by atoms with Gasteiger partial charge in [-0.1, -0.05) is 42.5 Å². The van der Waals surface area contributed by atoms with Gasteiger partial charge in [-0.25, -0.2) is 9.79 Å². The summed E-state index contributed by atoms with van der Waals surface area (Å²) in [4.78, 5) is 31.6. The van der Waals surface area contributed by atoms with Crippen molar-refractivity contribution in [1.29, 1.82) is 5.26 Å². The number of aliphatic imine (C=N–C) groups is 1. The molecule has 7 nitrogen and oxygen atoms in total. The molecule has 182 valence electrons. The molecule has 0 N–H and O–H groups in total. The topological polar surface area (TPSA) is 87.7 Å². The third kappa shape index (κ3) is 4.77. The highest BCUT2D eigenvalue weighted by atomic mass is 32.2. The fourth-order valence-electron chi connectivity index (χ4n) is 4.20. The molecule has 0 spiro atoms. The van der Waals surface area contributed by atoms with Gasteiger partial charge in [-0.3, -0.25) is 9.69 Å². The lowest BCUT2D eigenvalue weighted by Crippen LogP contribution is -2.23. The maximum Gasteiger partial charge on any atom is 0.337 e. The summed E-state index contributed by atoms with van der Waals surface area (Å²) in [5.41, 5.74) is 4.43. The first-order valence-electron chi connectivity index (χ1n) is 11.5. The SMILES string of the molecule is COC(=O)c1cccc(N=C2SC(=Cc3cn(Cc4ccccc4C#N)c4ccccc34)C(=O)N2C)c1. The first kappa shape index (κ1) is 24.1. The van der Waals surface area contributed by atoms with E-state index >= 15 is 0 Å². The van der Waals surface area contributed by atoms with Crippen LogP contribution in [0, 0.1) is 11.3 Å². The van der Waals surface area contributed by atoms with Gasteiger partial charge in [0, 0.05) is 36.3 Å². The van der Waals surface area contributed by atoms with Gasteiger partial charge in [0.05, 0.1) is 34.9 Å². The molecule has 1 aromatic heterocycles. The molecule has 0 radical (unpaired) electrons. The summed E-state index contributed by atoms with van der Waals surface area (Å²) in [6.45, 7) is 0.539. The molecule has 4 aromatic rings. The summed E-state index contributed by atoms with van der Waals surface area (Å²) in [5.74, 6) is -0.598. The zero-order valence-corrected chi connectivity index (χ0v) is 21.0. The number of esters is 1. The first-order chi connectivity index (χ1) is 18.0. The Kier molecular flexibility index (Phi) is 6.62. The molecular weight excluding hydrogens is 484 g/mol. The molecule has 0 bridgehead atoms. The summed E-state index contributed by atoms with van der Waals surface area (Å²) in [5, 5.41) is 11.0. The third-order valence-corrected chi connectivity index (χ3v) is 7.14. The number of nitrogens with zero attached hydrogens (tertiary/aromatic N) is 4. The highest BCUT2D eigenvalue weighted by Crippen LogP contribution is 2.35. The van der Waals surface area contributed by atoms with Crippen molar-refractivity contribution in [3.05, 3.63) is 106 Å². The number of likely N-dealkylation sites (N-methyl/N-ethyl adjacent to an activating group) is 1. The summed E-state index contributed by atoms with van der Waals surface area (Å²) < 4.78 is 6.88. The number of carbonyl (C=O) groups is 2. The van der Waals surface area contributed by atoms with Crippen LogP contribution in [0.1, 0.15) is 27.0 Å². The molecule has 1 amide bonds. The molecule has 0 unspecified atom stereocenters. The van der Waals surface area contributed by atoms with Crippen LogP contribution in [0.2, 0.25) is 0 Å². The van der Waals surface area contributed by atoms with E-state index in [4.69, 9.17) is 4.74 Å². The van der Waals surface area contributed by atoms with Crippen molar-refractivity contribution in [3.8, 4) is 6.07 Å². The number of aromatic nitrogens is 1. The van der Waals surface area contributed by atoms with Crippen molar-refractivity contribution < 1.29 is 14.3 Å². The van der Waals surface area contributed by atoms with Crippen LogP contribution in [0.3, 0.4) is 0 Å². The van der Waals surface area contributed by atoms with Crippen LogP contribution >= 0.6 is 11.8 Å². The smallest absolute Gasteiger partial charge is 0.337 e. The van der Waals surface area contributed by atoms with Crippen molar-refractivity contribution in [1.82, 2.24) is 9.47 Å². The van der Waals surface area contributed by atoms with E-state index in [9.17, 15) is 14.9 Å². The van der Waals surface area contributed by atoms with Crippen molar-refractivity contribution >= 4 is 51.5 Å². The number of nitriles is 1. The Balaban J connectivity index is 1.49. The summed E-state index contributed by atoms with van der Waals surface area (Å²) >= 11 is 1.28. The van der Waals surface area contributed by atoms with Crippen LogP contribution < -0.4 is 0 Å². The van der Waals surface area contributed by atoms with Gasteiger partial charge in [-0.2, -0.15) is 5.26 Å². The molecule has 2 heterocycles. The highest BCUT2D eigenvalue weighted by Gasteiger charge is 2.30. The van der Waals surface area contributed by atoms with E-state index in [0.717, 1.165) is 22.0 Å². The Labute approximate surface area is 218 Å². The Morgan fingerprint density at radius 2 is 1.89 bits per heavy atom. The fourth-order valence-corrected chi connectivity index (χ4v) is 5.17. The third-order valence-electron chi connectivity index (χ3n) is 6.08. The summed E-state index contributed by atoms with van der Waals surface area (Å²) in [7, 11) is 3.01. The summed E-state index contributed by atoms with van der Waals surface area (Å²) in [6, 6.07) is 24.6. The molecule has 1 fully saturated rings. The molecule has 3 aromatic carbocycles. The molecule has 1 saturated heterocycles. The monoisotopic (exact) mass is 506 g/mol. The number of thioether (sulfide) groups is 1. The van der Waals surface area contributed by atoms with Crippen molar-refractivity contribution in [2.45, 2.75) is 6.54 Å². The predicted octanol–water partition coefficient (Wildman–Crippen LogP) is 5.58. The van der Waals surface area contributed by atoms with E-state index in [0.29, 0.717) is 33.4 Å². The zero-order chi connectivity index (χ0) is 25.9. The van der Waals surface area contributed by atoms with Crippen LogP contribution in [0.4, 0.5) is 5.69 Å². The second kappa shape index (κ2) is 10.2. The van der Waals surface area contributed by atoms with Crippen molar-refractivity contribution in [2.75, 3.05) is 14.2 Å². The molecular formula is C29H22N4O3S. The highest BCUT2D eigenvalue weighted by molar-refractivity contribution is 8.18. The van der Waals surface area contributed by atoms with E-state index in [1.807, 2.05) is 60.8 Å². The van der Waals surface area contributed by atoms with Gasteiger partial charge < -0.3 is 9.30 Å². The van der Waals surface area contributed by atoms with Gasteiger partial charge in [-0.15, -0.1) is 0 Å². The number of rotatable bonds is 5. The minimum absolute atomic E-state index is 0.153. The molecule has 5 rings (SSSR count). The number of para-hydroxylation sites is 1. The number of fused-ring (bicyclic) bond motifs is 1. The minimum Gasteiger partial charge on any atom is -0.465 e. The minimum atomic E-state index is -0.445. The van der Waals surface area contributed by atoms with Gasteiger partial charge in [0.1, 0.15) is 0 Å². The van der Waals surface area contributed by atoms with Gasteiger partial charge in [0.15, 0.2) is 5.17 Å². The Morgan fingerprint density at radius 3 is 2.70 bits per heavy atom. The number of carbonyl (C=O) groups excluding carboxylic acids is 2. The van der Waals surface area contributed by atoms with E-state index in [1.165, 1.54) is 23.8 Å². The number of benzene rings is 3.